The summed E-state index contributed by atoms with van der Waals surface area (Å²) in [5.74, 6) is -1.45. The molecule has 1 aliphatic rings. The zero-order valence-corrected chi connectivity index (χ0v) is 17.7. The maximum atomic E-state index is 13.2. The average Bonchev–Trinajstić information content (AvgIpc) is 2.77. The number of nitrogens with zero attached hydrogens (tertiary/aromatic N) is 1. The monoisotopic (exact) mass is 469 g/mol. The van der Waals surface area contributed by atoms with E-state index in [0.717, 1.165) is 28.1 Å². The van der Waals surface area contributed by atoms with Gasteiger partial charge in [0.25, 0.3) is 0 Å². The van der Waals surface area contributed by atoms with Crippen LogP contribution in [0.5, 0.6) is 0 Å². The molecule has 7 nitrogen and oxygen atoms in total. The second-order valence-electron chi connectivity index (χ2n) is 7.37. The molecule has 172 valence electrons. The summed E-state index contributed by atoms with van der Waals surface area (Å²) >= 11 is 0. The fourth-order valence-corrected chi connectivity index (χ4v) is 5.16. The van der Waals surface area contributed by atoms with Crippen LogP contribution in [0.4, 0.5) is 13.2 Å². The number of rotatable bonds is 5. The fourth-order valence-electron chi connectivity index (χ4n) is 3.48. The quantitative estimate of drug-likeness (QED) is 0.658. The molecule has 2 amide bonds. The molecule has 1 saturated heterocycles. The molecule has 32 heavy (non-hydrogen) atoms. The van der Waals surface area contributed by atoms with E-state index in [1.165, 1.54) is 6.07 Å². The van der Waals surface area contributed by atoms with E-state index in [0.29, 0.717) is 0 Å². The van der Waals surface area contributed by atoms with Crippen LogP contribution in [0.1, 0.15) is 24.0 Å². The summed E-state index contributed by atoms with van der Waals surface area (Å²) in [5.41, 5.74) is 4.21. The number of alkyl halides is 3. The van der Waals surface area contributed by atoms with Crippen molar-refractivity contribution in [2.24, 2.45) is 5.92 Å². The number of sulfonamides is 1. The van der Waals surface area contributed by atoms with Crippen molar-refractivity contribution in [3.8, 4) is 0 Å². The molecular weight excluding hydrogens is 447 g/mol. The van der Waals surface area contributed by atoms with E-state index in [2.05, 4.69) is 10.9 Å². The largest absolute Gasteiger partial charge is 0.417 e. The number of hydrazine groups is 1. The Bertz CT molecular complexity index is 1070. The third-order valence-electron chi connectivity index (χ3n) is 5.17. The molecule has 2 N–H and O–H groups in total. The molecule has 0 atom stereocenters. The van der Waals surface area contributed by atoms with Gasteiger partial charge in [-0.3, -0.25) is 20.4 Å². The predicted octanol–water partition coefficient (Wildman–Crippen LogP) is 2.50. The van der Waals surface area contributed by atoms with Crippen LogP contribution in [-0.2, 0) is 32.2 Å². The molecule has 3 rings (SSSR count). The lowest BCUT2D eigenvalue weighted by atomic mass is 9.98. The molecule has 2 aromatic rings. The van der Waals surface area contributed by atoms with E-state index in [4.69, 9.17) is 0 Å². The molecule has 1 heterocycles. The van der Waals surface area contributed by atoms with Gasteiger partial charge in [0.15, 0.2) is 0 Å². The molecule has 0 spiro atoms. The fraction of sp³-hybridized carbons (Fsp3) is 0.333. The van der Waals surface area contributed by atoms with E-state index in [9.17, 15) is 31.2 Å². The van der Waals surface area contributed by atoms with Crippen LogP contribution in [0.25, 0.3) is 0 Å². The van der Waals surface area contributed by atoms with E-state index >= 15 is 0 Å². The Morgan fingerprint density at radius 2 is 1.53 bits per heavy atom. The van der Waals surface area contributed by atoms with Gasteiger partial charge in [-0.05, 0) is 30.5 Å². The highest BCUT2D eigenvalue weighted by molar-refractivity contribution is 7.89. The Hall–Kier alpha value is -2.92. The van der Waals surface area contributed by atoms with Crippen LogP contribution in [0.2, 0.25) is 0 Å². The van der Waals surface area contributed by atoms with Crippen LogP contribution in [0, 0.1) is 5.92 Å². The average molecular weight is 469 g/mol. The molecule has 0 unspecified atom stereocenters. The smallest absolute Gasteiger partial charge is 0.273 e. The number of piperidine rings is 1. The minimum atomic E-state index is -4.81. The first-order chi connectivity index (χ1) is 15.1. The predicted molar refractivity (Wildman–Crippen MR) is 109 cm³/mol. The first-order valence-electron chi connectivity index (χ1n) is 9.88. The highest BCUT2D eigenvalue weighted by atomic mass is 32.2. The van der Waals surface area contributed by atoms with E-state index in [1.807, 2.05) is 6.07 Å². The number of nitrogens with one attached hydrogen (secondary N) is 2. The van der Waals surface area contributed by atoms with E-state index in [1.54, 1.807) is 24.3 Å². The van der Waals surface area contributed by atoms with E-state index in [-0.39, 0.29) is 32.4 Å². The normalized spacial score (nSPS) is 15.8. The number of hydrogen-bond acceptors (Lipinski definition) is 4. The standard InChI is InChI=1S/C21H22F3N3O4S/c22-21(23,24)17-8-4-5-9-18(17)32(30,31)27-12-10-16(11-13-27)20(29)26-25-19(28)14-15-6-2-1-3-7-15/h1-9,16H,10-14H2,(H,25,28)(H,26,29). The van der Waals surface area contributed by atoms with Gasteiger partial charge in [0, 0.05) is 19.0 Å². The number of hydrogen-bond donors (Lipinski definition) is 2. The molecule has 11 heteroatoms. The topological polar surface area (TPSA) is 95.6 Å². The second kappa shape index (κ2) is 9.70. The van der Waals surface area contributed by atoms with Gasteiger partial charge in [-0.1, -0.05) is 42.5 Å². The molecule has 0 saturated carbocycles. The Balaban J connectivity index is 1.55. The van der Waals surface area contributed by atoms with Crippen molar-refractivity contribution in [1.29, 1.82) is 0 Å². The molecule has 0 radical (unpaired) electrons. The van der Waals surface area contributed by atoms with Gasteiger partial charge in [-0.2, -0.15) is 17.5 Å². The molecule has 2 aromatic carbocycles. The minimum Gasteiger partial charge on any atom is -0.273 e. The van der Waals surface area contributed by atoms with Crippen LogP contribution in [-0.4, -0.2) is 37.6 Å². The van der Waals surface area contributed by atoms with Gasteiger partial charge in [0.1, 0.15) is 0 Å². The van der Waals surface area contributed by atoms with Crippen LogP contribution < -0.4 is 10.9 Å². The molecule has 0 aromatic heterocycles. The van der Waals surface area contributed by atoms with Crippen molar-refractivity contribution in [2.45, 2.75) is 30.3 Å². The van der Waals surface area contributed by atoms with Gasteiger partial charge < -0.3 is 0 Å². The van der Waals surface area contributed by atoms with Crippen LogP contribution >= 0.6 is 0 Å². The van der Waals surface area contributed by atoms with E-state index < -0.39 is 44.4 Å². The summed E-state index contributed by atoms with van der Waals surface area (Å²) in [4.78, 5) is 23.5. The minimum absolute atomic E-state index is 0.0798. The lowest BCUT2D eigenvalue weighted by Gasteiger charge is -2.31. The van der Waals surface area contributed by atoms with Gasteiger partial charge in [-0.25, -0.2) is 8.42 Å². The lowest BCUT2D eigenvalue weighted by molar-refractivity contribution is -0.140. The van der Waals surface area contributed by atoms with Gasteiger partial charge in [0.05, 0.1) is 16.9 Å². The Labute approximate surface area is 183 Å². The number of carbonyl (C=O) groups is 2. The molecule has 0 aliphatic carbocycles. The Morgan fingerprint density at radius 3 is 2.16 bits per heavy atom. The first kappa shape index (κ1) is 23.7. The van der Waals surface area contributed by atoms with Crippen molar-refractivity contribution >= 4 is 21.8 Å². The highest BCUT2D eigenvalue weighted by Gasteiger charge is 2.40. The summed E-state index contributed by atoms with van der Waals surface area (Å²) in [6.45, 7) is -0.213. The molecule has 1 fully saturated rings. The van der Waals surface area contributed by atoms with Crippen molar-refractivity contribution < 1.29 is 31.2 Å². The number of carbonyl (C=O) groups excluding carboxylic acids is 2. The Kier molecular flexibility index (Phi) is 7.19. The first-order valence-corrected chi connectivity index (χ1v) is 11.3. The zero-order chi connectivity index (χ0) is 23.4. The zero-order valence-electron chi connectivity index (χ0n) is 16.9. The SMILES string of the molecule is O=C(Cc1ccccc1)NNC(=O)C1CCN(S(=O)(=O)c2ccccc2C(F)(F)F)CC1. The number of halogens is 3. The molecular formula is C21H22F3N3O4S. The number of benzene rings is 2. The summed E-state index contributed by atoms with van der Waals surface area (Å²) < 4.78 is 66.2. The number of amides is 2. The second-order valence-corrected chi connectivity index (χ2v) is 9.28. The van der Waals surface area contributed by atoms with Crippen molar-refractivity contribution in [1.82, 2.24) is 15.2 Å². The van der Waals surface area contributed by atoms with Crippen molar-refractivity contribution in [3.05, 3.63) is 65.7 Å². The highest BCUT2D eigenvalue weighted by Crippen LogP contribution is 2.36. The van der Waals surface area contributed by atoms with Gasteiger partial charge in [-0.15, -0.1) is 0 Å². The van der Waals surface area contributed by atoms with Crippen LogP contribution in [0.3, 0.4) is 0 Å². The Morgan fingerprint density at radius 1 is 0.938 bits per heavy atom. The maximum absolute atomic E-state index is 13.2. The summed E-state index contributed by atoms with van der Waals surface area (Å²) in [7, 11) is -4.37. The summed E-state index contributed by atoms with van der Waals surface area (Å²) in [5, 5.41) is 0. The third-order valence-corrected chi connectivity index (χ3v) is 7.12. The van der Waals surface area contributed by atoms with Crippen LogP contribution in [0.15, 0.2) is 59.5 Å². The molecule has 0 bridgehead atoms. The van der Waals surface area contributed by atoms with Crippen molar-refractivity contribution in [2.75, 3.05) is 13.1 Å². The third kappa shape index (κ3) is 5.65. The maximum Gasteiger partial charge on any atom is 0.417 e. The van der Waals surface area contributed by atoms with Gasteiger partial charge in [0.2, 0.25) is 21.8 Å². The summed E-state index contributed by atoms with van der Waals surface area (Å²) in [6.07, 6.45) is -4.49. The lowest BCUT2D eigenvalue weighted by Crippen LogP contribution is -2.48. The summed E-state index contributed by atoms with van der Waals surface area (Å²) in [6, 6.07) is 13.0. The van der Waals surface area contributed by atoms with Gasteiger partial charge >= 0.3 is 6.18 Å². The van der Waals surface area contributed by atoms with Crippen molar-refractivity contribution in [3.63, 3.8) is 0 Å². The molecule has 1 aliphatic heterocycles.